The Morgan fingerprint density at radius 3 is 2.41 bits per heavy atom. The van der Waals surface area contributed by atoms with Crippen LogP contribution in [0, 0.1) is 11.3 Å². The first kappa shape index (κ1) is 14.1. The fourth-order valence-electron chi connectivity index (χ4n) is 1.58. The average Bonchev–Trinajstić information content (AvgIpc) is 2.86. The lowest BCUT2D eigenvalue weighted by molar-refractivity contribution is 0.101. The van der Waals surface area contributed by atoms with Crippen LogP contribution in [0.2, 0.25) is 0 Å². The summed E-state index contributed by atoms with van der Waals surface area (Å²) < 4.78 is 10.2. The standard InChI is InChI=1S/C12H18N2O2S/c1-15-6-4-14(5-7-16-2)12(9-13)11-3-8-17-10-11/h3,8,10,12H,4-7H2,1-2H3. The lowest BCUT2D eigenvalue weighted by Gasteiger charge is -2.26. The van der Waals surface area contributed by atoms with Gasteiger partial charge in [-0.15, -0.1) is 0 Å². The SMILES string of the molecule is COCCN(CCOC)C(C#N)c1ccsc1. The van der Waals surface area contributed by atoms with Gasteiger partial charge in [0.05, 0.1) is 19.3 Å². The molecule has 0 fully saturated rings. The van der Waals surface area contributed by atoms with Gasteiger partial charge in [0.15, 0.2) is 0 Å². The van der Waals surface area contributed by atoms with Gasteiger partial charge in [-0.1, -0.05) is 0 Å². The number of nitriles is 1. The second kappa shape index (κ2) is 8.20. The zero-order chi connectivity index (χ0) is 12.5. The maximum absolute atomic E-state index is 9.30. The molecule has 0 amide bonds. The van der Waals surface area contributed by atoms with Crippen molar-refractivity contribution in [3.63, 3.8) is 0 Å². The summed E-state index contributed by atoms with van der Waals surface area (Å²) in [5, 5.41) is 13.3. The van der Waals surface area contributed by atoms with Crippen molar-refractivity contribution in [1.82, 2.24) is 4.90 Å². The Morgan fingerprint density at radius 1 is 1.35 bits per heavy atom. The van der Waals surface area contributed by atoms with Crippen LogP contribution in [-0.4, -0.2) is 45.4 Å². The van der Waals surface area contributed by atoms with Crippen LogP contribution in [0.1, 0.15) is 11.6 Å². The van der Waals surface area contributed by atoms with Crippen molar-refractivity contribution < 1.29 is 9.47 Å². The summed E-state index contributed by atoms with van der Waals surface area (Å²) in [6, 6.07) is 4.12. The second-order valence-corrected chi connectivity index (χ2v) is 4.39. The fourth-order valence-corrected chi connectivity index (χ4v) is 2.26. The molecule has 0 radical (unpaired) electrons. The smallest absolute Gasteiger partial charge is 0.124 e. The summed E-state index contributed by atoms with van der Waals surface area (Å²) in [7, 11) is 3.33. The van der Waals surface area contributed by atoms with Gasteiger partial charge in [-0.25, -0.2) is 0 Å². The van der Waals surface area contributed by atoms with Gasteiger partial charge in [-0.2, -0.15) is 16.6 Å². The van der Waals surface area contributed by atoms with Crippen molar-refractivity contribution in [3.8, 4) is 6.07 Å². The first-order chi connectivity index (χ1) is 8.33. The molecule has 1 unspecified atom stereocenters. The topological polar surface area (TPSA) is 45.5 Å². The third-order valence-corrected chi connectivity index (χ3v) is 3.21. The normalized spacial score (nSPS) is 12.6. The molecule has 5 heteroatoms. The van der Waals surface area contributed by atoms with E-state index in [4.69, 9.17) is 9.47 Å². The fraction of sp³-hybridized carbons (Fsp3) is 0.583. The zero-order valence-electron chi connectivity index (χ0n) is 10.3. The van der Waals surface area contributed by atoms with E-state index in [0.717, 1.165) is 18.7 Å². The number of hydrogen-bond acceptors (Lipinski definition) is 5. The molecule has 1 aromatic rings. The summed E-state index contributed by atoms with van der Waals surface area (Å²) in [4.78, 5) is 2.08. The van der Waals surface area contributed by atoms with Crippen LogP contribution in [0.4, 0.5) is 0 Å². The van der Waals surface area contributed by atoms with Crippen molar-refractivity contribution >= 4 is 11.3 Å². The Balaban J connectivity index is 2.68. The highest BCUT2D eigenvalue weighted by atomic mass is 32.1. The Labute approximate surface area is 106 Å². The lowest BCUT2D eigenvalue weighted by Crippen LogP contribution is -2.33. The van der Waals surface area contributed by atoms with Crippen LogP contribution in [0.15, 0.2) is 16.8 Å². The van der Waals surface area contributed by atoms with Gasteiger partial charge < -0.3 is 9.47 Å². The molecule has 1 atom stereocenters. The quantitative estimate of drug-likeness (QED) is 0.711. The molecule has 1 rings (SSSR count). The Hall–Kier alpha value is -0.930. The zero-order valence-corrected chi connectivity index (χ0v) is 11.1. The largest absolute Gasteiger partial charge is 0.383 e. The summed E-state index contributed by atoms with van der Waals surface area (Å²) in [5.74, 6) is 0. The summed E-state index contributed by atoms with van der Waals surface area (Å²) in [6.07, 6.45) is 0. The molecule has 0 saturated carbocycles. The van der Waals surface area contributed by atoms with Crippen LogP contribution >= 0.6 is 11.3 Å². The van der Waals surface area contributed by atoms with Gasteiger partial charge in [-0.05, 0) is 22.4 Å². The first-order valence-electron chi connectivity index (χ1n) is 5.47. The van der Waals surface area contributed by atoms with E-state index in [9.17, 15) is 5.26 Å². The van der Waals surface area contributed by atoms with Gasteiger partial charge in [0, 0.05) is 27.3 Å². The predicted molar refractivity (Wildman–Crippen MR) is 68.0 cm³/mol. The number of ether oxygens (including phenoxy) is 2. The third kappa shape index (κ3) is 4.44. The molecule has 1 aromatic heterocycles. The molecule has 0 spiro atoms. The van der Waals surface area contributed by atoms with Crippen molar-refractivity contribution in [2.45, 2.75) is 6.04 Å². The van der Waals surface area contributed by atoms with Crippen LogP contribution in [-0.2, 0) is 9.47 Å². The van der Waals surface area contributed by atoms with Crippen molar-refractivity contribution in [2.24, 2.45) is 0 Å². The highest BCUT2D eigenvalue weighted by Gasteiger charge is 2.19. The second-order valence-electron chi connectivity index (χ2n) is 3.61. The van der Waals surface area contributed by atoms with E-state index in [1.54, 1.807) is 25.6 Å². The molecule has 0 aromatic carbocycles. The lowest BCUT2D eigenvalue weighted by atomic mass is 10.1. The number of hydrogen-bond donors (Lipinski definition) is 0. The molecule has 0 N–H and O–H groups in total. The van der Waals surface area contributed by atoms with E-state index in [1.807, 2.05) is 16.8 Å². The van der Waals surface area contributed by atoms with Crippen LogP contribution < -0.4 is 0 Å². The Bertz CT molecular complexity index is 327. The van der Waals surface area contributed by atoms with E-state index >= 15 is 0 Å². The van der Waals surface area contributed by atoms with Crippen LogP contribution in [0.5, 0.6) is 0 Å². The molecule has 17 heavy (non-hydrogen) atoms. The third-order valence-electron chi connectivity index (χ3n) is 2.51. The van der Waals surface area contributed by atoms with Crippen LogP contribution in [0.25, 0.3) is 0 Å². The Morgan fingerprint density at radius 2 is 2.00 bits per heavy atom. The molecular weight excluding hydrogens is 236 g/mol. The van der Waals surface area contributed by atoms with E-state index in [1.165, 1.54) is 0 Å². The van der Waals surface area contributed by atoms with Gasteiger partial charge in [0.1, 0.15) is 6.04 Å². The molecule has 1 heterocycles. The Kier molecular flexibility index (Phi) is 6.82. The summed E-state index contributed by atoms with van der Waals surface area (Å²) >= 11 is 1.61. The average molecular weight is 254 g/mol. The first-order valence-corrected chi connectivity index (χ1v) is 6.41. The minimum Gasteiger partial charge on any atom is -0.383 e. The maximum Gasteiger partial charge on any atom is 0.124 e. The number of rotatable bonds is 8. The molecule has 0 saturated heterocycles. The molecule has 94 valence electrons. The highest BCUT2D eigenvalue weighted by Crippen LogP contribution is 2.21. The van der Waals surface area contributed by atoms with E-state index < -0.39 is 0 Å². The number of nitrogens with zero attached hydrogens (tertiary/aromatic N) is 2. The van der Waals surface area contributed by atoms with Gasteiger partial charge in [-0.3, -0.25) is 4.90 Å². The minimum atomic E-state index is -0.216. The van der Waals surface area contributed by atoms with E-state index in [0.29, 0.717) is 13.2 Å². The van der Waals surface area contributed by atoms with Crippen molar-refractivity contribution in [3.05, 3.63) is 22.4 Å². The van der Waals surface area contributed by atoms with Crippen molar-refractivity contribution in [1.29, 1.82) is 5.26 Å². The van der Waals surface area contributed by atoms with E-state index in [-0.39, 0.29) is 6.04 Å². The number of thiophene rings is 1. The minimum absolute atomic E-state index is 0.216. The monoisotopic (exact) mass is 254 g/mol. The number of methoxy groups -OCH3 is 2. The summed E-state index contributed by atoms with van der Waals surface area (Å²) in [6.45, 7) is 2.69. The molecule has 0 aliphatic rings. The molecular formula is C12H18N2O2S. The predicted octanol–water partition coefficient (Wildman–Crippen LogP) is 1.91. The molecule has 0 aliphatic heterocycles. The van der Waals surface area contributed by atoms with Crippen LogP contribution in [0.3, 0.4) is 0 Å². The maximum atomic E-state index is 9.30. The van der Waals surface area contributed by atoms with Gasteiger partial charge in [0.25, 0.3) is 0 Å². The van der Waals surface area contributed by atoms with Crippen molar-refractivity contribution in [2.75, 3.05) is 40.5 Å². The molecule has 4 nitrogen and oxygen atoms in total. The summed E-state index contributed by atoms with van der Waals surface area (Å²) in [5.41, 5.74) is 1.05. The molecule has 0 bridgehead atoms. The van der Waals surface area contributed by atoms with E-state index in [2.05, 4.69) is 11.0 Å². The van der Waals surface area contributed by atoms with Gasteiger partial charge >= 0.3 is 0 Å². The van der Waals surface area contributed by atoms with Gasteiger partial charge in [0.2, 0.25) is 0 Å². The highest BCUT2D eigenvalue weighted by molar-refractivity contribution is 7.08. The molecule has 0 aliphatic carbocycles.